The molecule has 27 heavy (non-hydrogen) atoms. The van der Waals surface area contributed by atoms with Crippen molar-refractivity contribution < 1.29 is 14.5 Å². The number of nitrogens with one attached hydrogen (secondary N) is 1. The van der Waals surface area contributed by atoms with Gasteiger partial charge in [-0.3, -0.25) is 14.9 Å². The number of carbonyl (C=O) groups is 1. The van der Waals surface area contributed by atoms with E-state index in [9.17, 15) is 14.9 Å². The predicted molar refractivity (Wildman–Crippen MR) is 107 cm³/mol. The Morgan fingerprint density at radius 1 is 1.33 bits per heavy atom. The summed E-state index contributed by atoms with van der Waals surface area (Å²) >= 11 is 10.9. The lowest BCUT2D eigenvalue weighted by Crippen LogP contribution is -2.13. The number of nitro benzene ring substituents is 1. The smallest absolute Gasteiger partial charge is 0.270 e. The highest BCUT2D eigenvalue weighted by Crippen LogP contribution is 2.29. The summed E-state index contributed by atoms with van der Waals surface area (Å²) in [5, 5.41) is 16.6. The van der Waals surface area contributed by atoms with Gasteiger partial charge in [0.1, 0.15) is 17.4 Å². The summed E-state index contributed by atoms with van der Waals surface area (Å²) < 4.78 is 6.05. The molecular weight excluding hydrogens is 458 g/mol. The zero-order valence-electron chi connectivity index (χ0n) is 13.5. The maximum atomic E-state index is 12.4. The predicted octanol–water partition coefficient (Wildman–Crippen LogP) is 5.30. The molecule has 0 bridgehead atoms. The van der Waals surface area contributed by atoms with E-state index in [1.54, 1.807) is 24.4 Å². The maximum absolute atomic E-state index is 12.4. The van der Waals surface area contributed by atoms with Gasteiger partial charge in [-0.1, -0.05) is 11.6 Å². The van der Waals surface area contributed by atoms with Crippen LogP contribution in [-0.2, 0) is 6.61 Å². The van der Waals surface area contributed by atoms with Crippen LogP contribution in [-0.4, -0.2) is 15.8 Å². The summed E-state index contributed by atoms with van der Waals surface area (Å²) in [5.74, 6) is -0.0421. The lowest BCUT2D eigenvalue weighted by molar-refractivity contribution is -0.384. The molecule has 0 aliphatic rings. The third-order valence-corrected chi connectivity index (χ3v) is 5.17. The van der Waals surface area contributed by atoms with Gasteiger partial charge >= 0.3 is 0 Å². The van der Waals surface area contributed by atoms with Gasteiger partial charge in [-0.2, -0.15) is 0 Å². The van der Waals surface area contributed by atoms with Crippen LogP contribution in [0.4, 0.5) is 11.4 Å². The summed E-state index contributed by atoms with van der Waals surface area (Å²) in [6, 6.07) is 8.77. The number of rotatable bonds is 6. The third-order valence-electron chi connectivity index (χ3n) is 3.43. The normalized spacial score (nSPS) is 10.4. The van der Waals surface area contributed by atoms with E-state index in [0.29, 0.717) is 27.5 Å². The number of carbonyl (C=O) groups excluding carboxylic acids is 1. The van der Waals surface area contributed by atoms with Crippen molar-refractivity contribution in [1.82, 2.24) is 4.98 Å². The van der Waals surface area contributed by atoms with Crippen LogP contribution in [0.15, 0.2) is 52.4 Å². The highest BCUT2D eigenvalue weighted by atomic mass is 79.9. The van der Waals surface area contributed by atoms with Crippen LogP contribution in [0.1, 0.15) is 15.4 Å². The standard InChI is InChI=1S/C17H11BrClN3O4S/c18-13-3-2-11(22(24)25)8-12(13)17(23)21-10-1-4-15(14(19)7-10)26-9-16-20-5-6-27-16/h1-8H,9H2,(H,21,23). The molecule has 0 aliphatic carbocycles. The van der Waals surface area contributed by atoms with Gasteiger partial charge in [-0.15, -0.1) is 11.3 Å². The van der Waals surface area contributed by atoms with Crippen molar-refractivity contribution in [2.75, 3.05) is 5.32 Å². The first-order valence-corrected chi connectivity index (χ1v) is 9.55. The maximum Gasteiger partial charge on any atom is 0.270 e. The van der Waals surface area contributed by atoms with Gasteiger partial charge in [0.2, 0.25) is 0 Å². The summed E-state index contributed by atoms with van der Waals surface area (Å²) in [7, 11) is 0. The summed E-state index contributed by atoms with van der Waals surface area (Å²) in [6.07, 6.45) is 1.69. The largest absolute Gasteiger partial charge is 0.485 e. The lowest BCUT2D eigenvalue weighted by Gasteiger charge is -2.10. The Balaban J connectivity index is 1.72. The molecule has 1 aromatic heterocycles. The van der Waals surface area contributed by atoms with Crippen LogP contribution in [0.2, 0.25) is 5.02 Å². The van der Waals surface area contributed by atoms with Gasteiger partial charge in [0.05, 0.1) is 15.5 Å². The molecule has 0 saturated carbocycles. The van der Waals surface area contributed by atoms with Gasteiger partial charge in [-0.25, -0.2) is 4.98 Å². The molecule has 0 radical (unpaired) electrons. The van der Waals surface area contributed by atoms with Crippen molar-refractivity contribution in [3.63, 3.8) is 0 Å². The minimum Gasteiger partial charge on any atom is -0.485 e. The van der Waals surface area contributed by atoms with Crippen molar-refractivity contribution in [3.8, 4) is 5.75 Å². The van der Waals surface area contributed by atoms with Crippen LogP contribution in [0, 0.1) is 10.1 Å². The number of hydrogen-bond acceptors (Lipinski definition) is 6. The molecule has 1 N–H and O–H groups in total. The van der Waals surface area contributed by atoms with Crippen LogP contribution in [0.25, 0.3) is 0 Å². The van der Waals surface area contributed by atoms with E-state index in [-0.39, 0.29) is 11.3 Å². The molecule has 0 spiro atoms. The number of hydrogen-bond donors (Lipinski definition) is 1. The molecule has 3 aromatic rings. The lowest BCUT2D eigenvalue weighted by atomic mass is 10.2. The van der Waals surface area contributed by atoms with E-state index < -0.39 is 10.8 Å². The van der Waals surface area contributed by atoms with E-state index in [1.165, 1.54) is 29.5 Å². The third kappa shape index (κ3) is 4.82. The van der Waals surface area contributed by atoms with Gasteiger partial charge in [0.25, 0.3) is 11.6 Å². The number of benzene rings is 2. The average Bonchev–Trinajstić information content (AvgIpc) is 3.14. The molecule has 1 amide bonds. The van der Waals surface area contributed by atoms with Gasteiger partial charge in [0, 0.05) is 33.9 Å². The molecule has 7 nitrogen and oxygen atoms in total. The Bertz CT molecular complexity index is 998. The van der Waals surface area contributed by atoms with E-state index in [2.05, 4.69) is 26.2 Å². The van der Waals surface area contributed by atoms with Gasteiger partial charge < -0.3 is 10.1 Å². The first-order valence-electron chi connectivity index (χ1n) is 7.50. The molecule has 10 heteroatoms. The number of halogens is 2. The van der Waals surface area contributed by atoms with Crippen LogP contribution < -0.4 is 10.1 Å². The summed E-state index contributed by atoms with van der Waals surface area (Å²) in [5.41, 5.74) is 0.404. The first kappa shape index (κ1) is 19.3. The SMILES string of the molecule is O=C(Nc1ccc(OCc2nccs2)c(Cl)c1)c1cc([N+](=O)[O-])ccc1Br. The zero-order valence-corrected chi connectivity index (χ0v) is 16.7. The van der Waals surface area contributed by atoms with E-state index in [0.717, 1.165) is 5.01 Å². The monoisotopic (exact) mass is 467 g/mol. The molecule has 0 atom stereocenters. The Morgan fingerprint density at radius 3 is 2.81 bits per heavy atom. The second kappa shape index (κ2) is 8.47. The Kier molecular flexibility index (Phi) is 6.04. The molecule has 0 saturated heterocycles. The molecule has 2 aromatic carbocycles. The summed E-state index contributed by atoms with van der Waals surface area (Å²) in [6.45, 7) is 0.295. The van der Waals surface area contributed by atoms with Crippen molar-refractivity contribution >= 4 is 56.1 Å². The Labute approximate surface area is 171 Å². The number of amides is 1. The van der Waals surface area contributed by atoms with Crippen molar-refractivity contribution in [1.29, 1.82) is 0 Å². The van der Waals surface area contributed by atoms with E-state index in [1.807, 2.05) is 5.38 Å². The minimum atomic E-state index is -0.561. The summed E-state index contributed by atoms with van der Waals surface area (Å²) in [4.78, 5) is 26.9. The number of ether oxygens (including phenoxy) is 1. The van der Waals surface area contributed by atoms with Gasteiger partial charge in [0.15, 0.2) is 0 Å². The molecule has 0 unspecified atom stereocenters. The van der Waals surface area contributed by atoms with Crippen LogP contribution in [0.5, 0.6) is 5.75 Å². The Morgan fingerprint density at radius 2 is 2.15 bits per heavy atom. The fourth-order valence-corrected chi connectivity index (χ4v) is 3.35. The molecule has 1 heterocycles. The molecule has 0 aliphatic heterocycles. The van der Waals surface area contributed by atoms with Crippen LogP contribution >= 0.6 is 38.9 Å². The van der Waals surface area contributed by atoms with E-state index in [4.69, 9.17) is 16.3 Å². The Hall–Kier alpha value is -2.49. The number of non-ortho nitro benzene ring substituents is 1. The molecule has 3 rings (SSSR count). The topological polar surface area (TPSA) is 94.4 Å². The number of anilines is 1. The molecule has 138 valence electrons. The number of aromatic nitrogens is 1. The number of nitrogens with zero attached hydrogens (tertiary/aromatic N) is 2. The number of nitro groups is 1. The van der Waals surface area contributed by atoms with Crippen molar-refractivity contribution in [2.45, 2.75) is 6.61 Å². The second-order valence-electron chi connectivity index (χ2n) is 5.24. The van der Waals surface area contributed by atoms with Gasteiger partial charge in [-0.05, 0) is 40.2 Å². The second-order valence-corrected chi connectivity index (χ2v) is 7.48. The van der Waals surface area contributed by atoms with Crippen molar-refractivity contribution in [2.24, 2.45) is 0 Å². The van der Waals surface area contributed by atoms with E-state index >= 15 is 0 Å². The number of thiazole rings is 1. The van der Waals surface area contributed by atoms with Crippen molar-refractivity contribution in [3.05, 3.63) is 78.2 Å². The molecule has 0 fully saturated rings. The first-order chi connectivity index (χ1) is 12.9. The highest BCUT2D eigenvalue weighted by molar-refractivity contribution is 9.10. The van der Waals surface area contributed by atoms with Crippen LogP contribution in [0.3, 0.4) is 0 Å². The minimum absolute atomic E-state index is 0.143. The highest BCUT2D eigenvalue weighted by Gasteiger charge is 2.16. The zero-order chi connectivity index (χ0) is 19.4. The fraction of sp³-hybridized carbons (Fsp3) is 0.0588. The quantitative estimate of drug-likeness (QED) is 0.391. The average molecular weight is 469 g/mol. The molecular formula is C17H11BrClN3O4S. The fourth-order valence-electron chi connectivity index (χ4n) is 2.16.